The van der Waals surface area contributed by atoms with E-state index in [0.717, 1.165) is 0 Å². The number of nitrogens with zero attached hydrogens (tertiary/aromatic N) is 1. The first-order chi connectivity index (χ1) is 6.45. The molecule has 0 spiro atoms. The minimum atomic E-state index is -0.479. The second kappa shape index (κ2) is 5.62. The van der Waals surface area contributed by atoms with E-state index in [1.165, 1.54) is 12.0 Å². The molecular weight excluding hydrogens is 182 g/mol. The molecular formula is C10H19NO3. The number of rotatable bonds is 4. The molecule has 0 rings (SSSR count). The Hall–Kier alpha value is -1.06. The monoisotopic (exact) mass is 201 g/mol. The quantitative estimate of drug-likeness (QED) is 0.639. The maximum atomic E-state index is 11.4. The van der Waals surface area contributed by atoms with Gasteiger partial charge in [-0.3, -0.25) is 4.79 Å². The van der Waals surface area contributed by atoms with Crippen molar-refractivity contribution < 1.29 is 14.3 Å². The van der Waals surface area contributed by atoms with Gasteiger partial charge in [0.2, 0.25) is 5.91 Å². The Morgan fingerprint density at radius 3 is 2.14 bits per heavy atom. The lowest BCUT2D eigenvalue weighted by molar-refractivity contribution is -0.153. The van der Waals surface area contributed by atoms with Crippen LogP contribution in [0.4, 0.5) is 0 Å². The summed E-state index contributed by atoms with van der Waals surface area (Å²) in [4.78, 5) is 24.3. The third-order valence-corrected chi connectivity index (χ3v) is 2.19. The highest BCUT2D eigenvalue weighted by Crippen LogP contribution is 2.11. The van der Waals surface area contributed by atoms with Gasteiger partial charge in [-0.25, -0.2) is 4.79 Å². The average Bonchev–Trinajstić information content (AvgIpc) is 2.15. The molecule has 0 aromatic heterocycles. The van der Waals surface area contributed by atoms with Crippen molar-refractivity contribution in [3.8, 4) is 0 Å². The summed E-state index contributed by atoms with van der Waals surface area (Å²) < 4.78 is 4.66. The third-order valence-electron chi connectivity index (χ3n) is 2.19. The van der Waals surface area contributed by atoms with E-state index in [1.54, 1.807) is 14.0 Å². The molecule has 0 saturated heterocycles. The maximum absolute atomic E-state index is 11.4. The molecule has 1 unspecified atom stereocenters. The number of likely N-dealkylation sites (N-methyl/N-ethyl adjacent to an activating group) is 1. The van der Waals surface area contributed by atoms with Crippen molar-refractivity contribution in [3.05, 3.63) is 0 Å². The van der Waals surface area contributed by atoms with E-state index in [1.807, 2.05) is 13.8 Å². The maximum Gasteiger partial charge on any atom is 0.328 e. The SMILES string of the molecule is CCC(=O)N(C)C(C(=O)OC)C(C)C. The first-order valence-corrected chi connectivity index (χ1v) is 4.79. The van der Waals surface area contributed by atoms with E-state index in [-0.39, 0.29) is 17.8 Å². The number of carbonyl (C=O) groups is 2. The van der Waals surface area contributed by atoms with Crippen molar-refractivity contribution in [2.45, 2.75) is 33.2 Å². The molecule has 0 fully saturated rings. The Morgan fingerprint density at radius 2 is 1.86 bits per heavy atom. The highest BCUT2D eigenvalue weighted by Gasteiger charge is 2.29. The van der Waals surface area contributed by atoms with Gasteiger partial charge in [-0.05, 0) is 5.92 Å². The van der Waals surface area contributed by atoms with Gasteiger partial charge in [0, 0.05) is 13.5 Å². The molecule has 0 heterocycles. The third kappa shape index (κ3) is 3.01. The summed E-state index contributed by atoms with van der Waals surface area (Å²) in [6.45, 7) is 5.55. The highest BCUT2D eigenvalue weighted by atomic mass is 16.5. The van der Waals surface area contributed by atoms with Crippen LogP contribution in [0.5, 0.6) is 0 Å². The van der Waals surface area contributed by atoms with Crippen LogP contribution >= 0.6 is 0 Å². The summed E-state index contributed by atoms with van der Waals surface area (Å²) in [5, 5.41) is 0. The van der Waals surface area contributed by atoms with E-state index in [4.69, 9.17) is 0 Å². The molecule has 1 amide bonds. The van der Waals surface area contributed by atoms with Crippen LogP contribution in [0.15, 0.2) is 0 Å². The lowest BCUT2D eigenvalue weighted by atomic mass is 10.0. The molecule has 0 aliphatic carbocycles. The minimum Gasteiger partial charge on any atom is -0.467 e. The van der Waals surface area contributed by atoms with Crippen LogP contribution in [0.1, 0.15) is 27.2 Å². The van der Waals surface area contributed by atoms with Crippen LogP contribution in [0.2, 0.25) is 0 Å². The molecule has 0 saturated carbocycles. The van der Waals surface area contributed by atoms with E-state index in [0.29, 0.717) is 6.42 Å². The molecule has 0 aliphatic rings. The number of ether oxygens (including phenoxy) is 1. The Bertz CT molecular complexity index is 213. The number of carbonyl (C=O) groups excluding carboxylic acids is 2. The zero-order valence-electron chi connectivity index (χ0n) is 9.53. The van der Waals surface area contributed by atoms with Gasteiger partial charge in [0.05, 0.1) is 7.11 Å². The van der Waals surface area contributed by atoms with Crippen molar-refractivity contribution in [1.82, 2.24) is 4.90 Å². The summed E-state index contributed by atoms with van der Waals surface area (Å²) in [5.41, 5.74) is 0. The van der Waals surface area contributed by atoms with Crippen LogP contribution in [0.3, 0.4) is 0 Å². The Kier molecular flexibility index (Phi) is 5.20. The van der Waals surface area contributed by atoms with Crippen LogP contribution in [-0.2, 0) is 14.3 Å². The molecule has 4 nitrogen and oxygen atoms in total. The molecule has 0 aromatic rings. The summed E-state index contributed by atoms with van der Waals surface area (Å²) in [6.07, 6.45) is 0.400. The average molecular weight is 201 g/mol. The summed E-state index contributed by atoms with van der Waals surface area (Å²) in [5.74, 6) is -0.346. The molecule has 0 N–H and O–H groups in total. The first kappa shape index (κ1) is 12.9. The van der Waals surface area contributed by atoms with Gasteiger partial charge < -0.3 is 9.64 Å². The van der Waals surface area contributed by atoms with Crippen LogP contribution in [0, 0.1) is 5.92 Å². The number of esters is 1. The first-order valence-electron chi connectivity index (χ1n) is 4.79. The molecule has 0 bridgehead atoms. The molecule has 0 aliphatic heterocycles. The van der Waals surface area contributed by atoms with Crippen molar-refractivity contribution in [3.63, 3.8) is 0 Å². The van der Waals surface area contributed by atoms with Crippen LogP contribution < -0.4 is 0 Å². The second-order valence-corrected chi connectivity index (χ2v) is 3.57. The Morgan fingerprint density at radius 1 is 1.36 bits per heavy atom. The Labute approximate surface area is 85.2 Å². The molecule has 0 radical (unpaired) electrons. The fourth-order valence-electron chi connectivity index (χ4n) is 1.40. The van der Waals surface area contributed by atoms with E-state index >= 15 is 0 Å². The van der Waals surface area contributed by atoms with Crippen molar-refractivity contribution in [2.75, 3.05) is 14.2 Å². The van der Waals surface area contributed by atoms with Crippen molar-refractivity contribution in [2.24, 2.45) is 5.92 Å². The van der Waals surface area contributed by atoms with E-state index in [2.05, 4.69) is 4.74 Å². The van der Waals surface area contributed by atoms with Gasteiger partial charge in [-0.2, -0.15) is 0 Å². The number of hydrogen-bond donors (Lipinski definition) is 0. The van der Waals surface area contributed by atoms with Crippen molar-refractivity contribution >= 4 is 11.9 Å². The minimum absolute atomic E-state index is 0.0471. The summed E-state index contributed by atoms with van der Waals surface area (Å²) >= 11 is 0. The molecule has 4 heteroatoms. The lowest BCUT2D eigenvalue weighted by Crippen LogP contribution is -2.46. The molecule has 1 atom stereocenters. The normalized spacial score (nSPS) is 12.4. The van der Waals surface area contributed by atoms with Crippen LogP contribution in [-0.4, -0.2) is 37.0 Å². The van der Waals surface area contributed by atoms with E-state index in [9.17, 15) is 9.59 Å². The number of hydrogen-bond acceptors (Lipinski definition) is 3. The second-order valence-electron chi connectivity index (χ2n) is 3.57. The van der Waals surface area contributed by atoms with Gasteiger partial charge in [-0.15, -0.1) is 0 Å². The molecule has 0 aromatic carbocycles. The van der Waals surface area contributed by atoms with Gasteiger partial charge in [-0.1, -0.05) is 20.8 Å². The molecule has 14 heavy (non-hydrogen) atoms. The predicted molar refractivity (Wildman–Crippen MR) is 53.7 cm³/mol. The number of amides is 1. The fourth-order valence-corrected chi connectivity index (χ4v) is 1.40. The zero-order valence-corrected chi connectivity index (χ0v) is 9.53. The van der Waals surface area contributed by atoms with Gasteiger partial charge in [0.25, 0.3) is 0 Å². The van der Waals surface area contributed by atoms with Gasteiger partial charge >= 0.3 is 5.97 Å². The zero-order chi connectivity index (χ0) is 11.3. The highest BCUT2D eigenvalue weighted by molar-refractivity contribution is 5.84. The predicted octanol–water partition coefficient (Wildman–Crippen LogP) is 1.05. The number of methoxy groups -OCH3 is 1. The smallest absolute Gasteiger partial charge is 0.328 e. The van der Waals surface area contributed by atoms with Crippen LogP contribution in [0.25, 0.3) is 0 Å². The van der Waals surface area contributed by atoms with Gasteiger partial charge in [0.1, 0.15) is 6.04 Å². The summed E-state index contributed by atoms with van der Waals surface area (Å²) in [7, 11) is 2.97. The lowest BCUT2D eigenvalue weighted by Gasteiger charge is -2.28. The molecule has 82 valence electrons. The van der Waals surface area contributed by atoms with Crippen molar-refractivity contribution in [1.29, 1.82) is 0 Å². The van der Waals surface area contributed by atoms with Gasteiger partial charge in [0.15, 0.2) is 0 Å². The van der Waals surface area contributed by atoms with E-state index < -0.39 is 6.04 Å². The standard InChI is InChI=1S/C10H19NO3/c1-6-8(12)11(4)9(7(2)3)10(13)14-5/h7,9H,6H2,1-5H3. The Balaban J connectivity index is 4.65. The fraction of sp³-hybridized carbons (Fsp3) is 0.800. The summed E-state index contributed by atoms with van der Waals surface area (Å²) in [6, 6.07) is -0.479. The largest absolute Gasteiger partial charge is 0.467 e. The topological polar surface area (TPSA) is 46.6 Å².